The quantitative estimate of drug-likeness (QED) is 0.326. The number of aromatic nitrogens is 5. The lowest BCUT2D eigenvalue weighted by Crippen LogP contribution is -2.20. The molecule has 0 radical (unpaired) electrons. The number of halogens is 1. The van der Waals surface area contributed by atoms with Crippen LogP contribution in [0.4, 0.5) is 0 Å². The van der Waals surface area contributed by atoms with Gasteiger partial charge >= 0.3 is 0 Å². The zero-order chi connectivity index (χ0) is 21.5. The SMILES string of the molecule is Cc1[nH][nH]c(=O)c1C(c1c(C)[nH][nH]c1=O)c1cn(Cc2ccccc2)c2ccccc12.Cl. The fourth-order valence-electron chi connectivity index (χ4n) is 4.48. The fraction of sp³-hybridized carbons (Fsp3) is 0.167. The summed E-state index contributed by atoms with van der Waals surface area (Å²) >= 11 is 0. The van der Waals surface area contributed by atoms with Crippen molar-refractivity contribution in [2.45, 2.75) is 26.3 Å². The van der Waals surface area contributed by atoms with Crippen molar-refractivity contribution in [2.75, 3.05) is 0 Å². The number of benzene rings is 2. The van der Waals surface area contributed by atoms with Gasteiger partial charge in [-0.05, 0) is 31.0 Å². The van der Waals surface area contributed by atoms with Crippen LogP contribution >= 0.6 is 12.4 Å². The number of hydrogen-bond acceptors (Lipinski definition) is 2. The summed E-state index contributed by atoms with van der Waals surface area (Å²) in [5.74, 6) is -0.507. The highest BCUT2D eigenvalue weighted by molar-refractivity contribution is 5.86. The number of aromatic amines is 4. The highest BCUT2D eigenvalue weighted by atomic mass is 35.5. The zero-order valence-corrected chi connectivity index (χ0v) is 18.5. The van der Waals surface area contributed by atoms with E-state index < -0.39 is 5.92 Å². The molecule has 2 aromatic carbocycles. The highest BCUT2D eigenvalue weighted by Crippen LogP contribution is 2.36. The monoisotopic (exact) mass is 449 g/mol. The molecule has 5 aromatic rings. The van der Waals surface area contributed by atoms with Gasteiger partial charge in [-0.1, -0.05) is 48.5 Å². The predicted molar refractivity (Wildman–Crippen MR) is 128 cm³/mol. The maximum Gasteiger partial charge on any atom is 0.268 e. The Morgan fingerprint density at radius 2 is 1.34 bits per heavy atom. The largest absolute Gasteiger partial charge is 0.343 e. The molecule has 0 fully saturated rings. The first-order chi connectivity index (χ1) is 15.0. The number of rotatable bonds is 5. The van der Waals surface area contributed by atoms with Gasteiger partial charge in [0, 0.05) is 35.0 Å². The van der Waals surface area contributed by atoms with Gasteiger partial charge in [0.1, 0.15) is 0 Å². The van der Waals surface area contributed by atoms with Crippen LogP contribution < -0.4 is 11.1 Å². The van der Waals surface area contributed by atoms with E-state index in [1.165, 1.54) is 5.56 Å². The minimum Gasteiger partial charge on any atom is -0.343 e. The third kappa shape index (κ3) is 3.50. The summed E-state index contributed by atoms with van der Waals surface area (Å²) in [7, 11) is 0. The minimum absolute atomic E-state index is 0. The average molecular weight is 450 g/mol. The average Bonchev–Trinajstić information content (AvgIpc) is 3.42. The Hall–Kier alpha value is -3.71. The molecule has 3 heterocycles. The molecule has 5 rings (SSSR count). The molecule has 0 amide bonds. The van der Waals surface area contributed by atoms with Crippen molar-refractivity contribution in [2.24, 2.45) is 0 Å². The van der Waals surface area contributed by atoms with Crippen molar-refractivity contribution < 1.29 is 0 Å². The first kappa shape index (κ1) is 21.5. The summed E-state index contributed by atoms with van der Waals surface area (Å²) in [6, 6.07) is 18.3. The third-order valence-electron chi connectivity index (χ3n) is 5.93. The Balaban J connectivity index is 0.00000245. The first-order valence-electron chi connectivity index (χ1n) is 10.2. The number of H-pyrrole nitrogens is 4. The molecule has 0 aliphatic carbocycles. The number of fused-ring (bicyclic) bond motifs is 1. The Bertz CT molecular complexity index is 1430. The number of aryl methyl sites for hydroxylation is 2. The molecular weight excluding hydrogens is 426 g/mol. The van der Waals surface area contributed by atoms with E-state index in [1.54, 1.807) is 0 Å². The summed E-state index contributed by atoms with van der Waals surface area (Å²) in [5, 5.41) is 12.2. The second-order valence-corrected chi connectivity index (χ2v) is 7.88. The molecule has 0 aliphatic rings. The van der Waals surface area contributed by atoms with Gasteiger partial charge in [-0.2, -0.15) is 0 Å². The molecule has 3 aromatic heterocycles. The lowest BCUT2D eigenvalue weighted by molar-refractivity contribution is 0.823. The van der Waals surface area contributed by atoms with Crippen LogP contribution in [0.5, 0.6) is 0 Å². The number of nitrogens with one attached hydrogen (secondary N) is 4. The van der Waals surface area contributed by atoms with Crippen LogP contribution in [0.25, 0.3) is 10.9 Å². The molecule has 0 atom stereocenters. The van der Waals surface area contributed by atoms with Crippen molar-refractivity contribution in [3.63, 3.8) is 0 Å². The van der Waals surface area contributed by atoms with E-state index in [9.17, 15) is 9.59 Å². The maximum atomic E-state index is 12.8. The lowest BCUT2D eigenvalue weighted by atomic mass is 9.85. The van der Waals surface area contributed by atoms with Gasteiger partial charge < -0.3 is 14.8 Å². The molecule has 7 nitrogen and oxygen atoms in total. The molecule has 164 valence electrons. The van der Waals surface area contributed by atoms with Crippen LogP contribution in [0.15, 0.2) is 70.4 Å². The van der Waals surface area contributed by atoms with Gasteiger partial charge in [0.05, 0.1) is 17.0 Å². The Kier molecular flexibility index (Phi) is 5.67. The predicted octanol–water partition coefficient (Wildman–Crippen LogP) is 3.94. The fourth-order valence-corrected chi connectivity index (χ4v) is 4.48. The summed E-state index contributed by atoms with van der Waals surface area (Å²) in [5.41, 5.74) is 5.26. The third-order valence-corrected chi connectivity index (χ3v) is 5.93. The molecular formula is C24H24ClN5O2. The minimum atomic E-state index is -0.507. The Labute approximate surface area is 189 Å². The molecule has 0 spiro atoms. The van der Waals surface area contributed by atoms with Gasteiger partial charge in [0.25, 0.3) is 11.1 Å². The van der Waals surface area contributed by atoms with E-state index in [4.69, 9.17) is 0 Å². The second-order valence-electron chi connectivity index (χ2n) is 7.88. The van der Waals surface area contributed by atoms with Gasteiger partial charge in [-0.25, -0.2) is 0 Å². The number of para-hydroxylation sites is 1. The van der Waals surface area contributed by atoms with Crippen LogP contribution in [0.1, 0.15) is 39.6 Å². The normalized spacial score (nSPS) is 11.2. The van der Waals surface area contributed by atoms with Crippen LogP contribution in [-0.4, -0.2) is 25.0 Å². The molecule has 0 bridgehead atoms. The van der Waals surface area contributed by atoms with Crippen molar-refractivity contribution >= 4 is 23.3 Å². The van der Waals surface area contributed by atoms with Crippen LogP contribution in [0.3, 0.4) is 0 Å². The van der Waals surface area contributed by atoms with E-state index in [0.717, 1.165) is 27.9 Å². The van der Waals surface area contributed by atoms with Crippen LogP contribution in [0, 0.1) is 13.8 Å². The van der Waals surface area contributed by atoms with Gasteiger partial charge in [-0.15, -0.1) is 12.4 Å². The van der Waals surface area contributed by atoms with Crippen molar-refractivity contribution in [3.05, 3.63) is 115 Å². The van der Waals surface area contributed by atoms with Crippen molar-refractivity contribution in [3.8, 4) is 0 Å². The summed E-state index contributed by atoms with van der Waals surface area (Å²) in [6.07, 6.45) is 2.07. The van der Waals surface area contributed by atoms with Gasteiger partial charge in [0.2, 0.25) is 0 Å². The highest BCUT2D eigenvalue weighted by Gasteiger charge is 2.30. The number of hydrogen-bond donors (Lipinski definition) is 4. The van der Waals surface area contributed by atoms with E-state index in [1.807, 2.05) is 50.2 Å². The van der Waals surface area contributed by atoms with E-state index >= 15 is 0 Å². The molecule has 0 saturated heterocycles. The van der Waals surface area contributed by atoms with Crippen molar-refractivity contribution in [1.82, 2.24) is 25.0 Å². The van der Waals surface area contributed by atoms with Gasteiger partial charge in [-0.3, -0.25) is 19.8 Å². The zero-order valence-electron chi connectivity index (χ0n) is 17.7. The molecule has 0 unspecified atom stereocenters. The van der Waals surface area contributed by atoms with Crippen LogP contribution in [-0.2, 0) is 6.54 Å². The molecule has 8 heteroatoms. The summed E-state index contributed by atoms with van der Waals surface area (Å²) in [6.45, 7) is 4.39. The maximum absolute atomic E-state index is 12.8. The molecule has 32 heavy (non-hydrogen) atoms. The van der Waals surface area contributed by atoms with E-state index in [2.05, 4.69) is 49.4 Å². The molecule has 0 saturated carbocycles. The van der Waals surface area contributed by atoms with Crippen molar-refractivity contribution in [1.29, 1.82) is 0 Å². The van der Waals surface area contributed by atoms with Crippen LogP contribution in [0.2, 0.25) is 0 Å². The van der Waals surface area contributed by atoms with E-state index in [0.29, 0.717) is 17.7 Å². The summed E-state index contributed by atoms with van der Waals surface area (Å²) in [4.78, 5) is 25.6. The molecule has 0 aliphatic heterocycles. The Morgan fingerprint density at radius 3 is 1.91 bits per heavy atom. The first-order valence-corrected chi connectivity index (χ1v) is 10.2. The second kappa shape index (κ2) is 8.43. The number of nitrogens with zero attached hydrogens (tertiary/aromatic N) is 1. The van der Waals surface area contributed by atoms with E-state index in [-0.39, 0.29) is 23.5 Å². The standard InChI is InChI=1S/C24H23N5O2.ClH/c1-14-20(23(30)27-25-14)22(21-15(2)26-28-24(21)31)18-13-29(12-16-8-4-3-5-9-16)19-11-7-6-10-17(18)19;/h3-11,13,22H,12H2,1-2H3,(H2,25,27,30)(H2,26,28,31);1H. The smallest absolute Gasteiger partial charge is 0.268 e. The lowest BCUT2D eigenvalue weighted by Gasteiger charge is -2.15. The topological polar surface area (TPSA) is 102 Å². The summed E-state index contributed by atoms with van der Waals surface area (Å²) < 4.78 is 2.18. The Morgan fingerprint density at radius 1 is 0.781 bits per heavy atom. The van der Waals surface area contributed by atoms with Gasteiger partial charge in [0.15, 0.2) is 0 Å². The molecule has 4 N–H and O–H groups in total.